The number of furan rings is 1. The number of hydrogen-bond acceptors (Lipinski definition) is 5. The Hall–Kier alpha value is -3.28. The van der Waals surface area contributed by atoms with Crippen molar-refractivity contribution in [1.82, 2.24) is 5.32 Å². The molecule has 1 N–H and O–H groups in total. The SMILES string of the molecule is Cc1cccc(OCC(=O)OCC(=O)N[C@H](C)c2cc3ccccc3o2)c1C. The molecule has 1 heterocycles. The molecule has 0 aliphatic heterocycles. The molecule has 0 saturated heterocycles. The number of fused-ring (bicyclic) bond motifs is 1. The maximum Gasteiger partial charge on any atom is 0.344 e. The average Bonchev–Trinajstić information content (AvgIpc) is 3.12. The van der Waals surface area contributed by atoms with Gasteiger partial charge >= 0.3 is 5.97 Å². The lowest BCUT2D eigenvalue weighted by molar-refractivity contribution is -0.150. The topological polar surface area (TPSA) is 77.8 Å². The van der Waals surface area contributed by atoms with E-state index >= 15 is 0 Å². The number of ether oxygens (including phenoxy) is 2. The van der Waals surface area contributed by atoms with Gasteiger partial charge in [0.25, 0.3) is 5.91 Å². The molecule has 0 radical (unpaired) electrons. The maximum absolute atomic E-state index is 12.0. The van der Waals surface area contributed by atoms with Gasteiger partial charge in [-0.3, -0.25) is 4.79 Å². The van der Waals surface area contributed by atoms with Crippen LogP contribution in [0.4, 0.5) is 0 Å². The van der Waals surface area contributed by atoms with Crippen LogP contribution in [0, 0.1) is 13.8 Å². The van der Waals surface area contributed by atoms with E-state index in [-0.39, 0.29) is 19.3 Å². The van der Waals surface area contributed by atoms with E-state index in [1.807, 2.05) is 56.3 Å². The number of benzene rings is 2. The number of esters is 1. The molecule has 3 aromatic rings. The van der Waals surface area contributed by atoms with Crippen molar-refractivity contribution >= 4 is 22.8 Å². The van der Waals surface area contributed by atoms with E-state index in [0.717, 1.165) is 22.1 Å². The first kappa shape index (κ1) is 19.5. The van der Waals surface area contributed by atoms with Crippen molar-refractivity contribution in [3.8, 4) is 5.75 Å². The Bertz CT molecular complexity index is 959. The van der Waals surface area contributed by atoms with E-state index < -0.39 is 11.9 Å². The lowest BCUT2D eigenvalue weighted by Gasteiger charge is -2.12. The fourth-order valence-electron chi connectivity index (χ4n) is 2.78. The van der Waals surface area contributed by atoms with E-state index in [2.05, 4.69) is 5.32 Å². The van der Waals surface area contributed by atoms with Crippen LogP contribution in [0.2, 0.25) is 0 Å². The third-order valence-corrected chi connectivity index (χ3v) is 4.51. The lowest BCUT2D eigenvalue weighted by atomic mass is 10.1. The molecule has 1 atom stereocenters. The monoisotopic (exact) mass is 381 g/mol. The standard InChI is InChI=1S/C22H23NO5/c1-14-7-6-10-18(15(14)2)26-13-22(25)27-12-21(24)23-16(3)20-11-17-8-4-5-9-19(17)28-20/h4-11,16H,12-13H2,1-3H3,(H,23,24)/t16-/m1/s1. The Kier molecular flexibility index (Phi) is 5.99. The Morgan fingerprint density at radius 2 is 1.86 bits per heavy atom. The molecule has 0 aliphatic carbocycles. The average molecular weight is 381 g/mol. The second-order valence-corrected chi connectivity index (χ2v) is 6.62. The Labute approximate surface area is 163 Å². The Morgan fingerprint density at radius 1 is 1.07 bits per heavy atom. The van der Waals surface area contributed by atoms with Crippen LogP contribution in [0.15, 0.2) is 52.9 Å². The highest BCUT2D eigenvalue weighted by Gasteiger charge is 2.16. The molecular formula is C22H23NO5. The number of amides is 1. The van der Waals surface area contributed by atoms with Gasteiger partial charge < -0.3 is 19.2 Å². The summed E-state index contributed by atoms with van der Waals surface area (Å²) in [4.78, 5) is 23.9. The van der Waals surface area contributed by atoms with Crippen LogP contribution in [-0.4, -0.2) is 25.1 Å². The zero-order valence-corrected chi connectivity index (χ0v) is 16.2. The first-order valence-corrected chi connectivity index (χ1v) is 9.06. The summed E-state index contributed by atoms with van der Waals surface area (Å²) in [5.41, 5.74) is 2.80. The van der Waals surface area contributed by atoms with Gasteiger partial charge in [0.1, 0.15) is 17.1 Å². The number of hydrogen-bond donors (Lipinski definition) is 1. The van der Waals surface area contributed by atoms with Crippen LogP contribution in [0.5, 0.6) is 5.75 Å². The van der Waals surface area contributed by atoms with Gasteiger partial charge in [-0.05, 0) is 50.1 Å². The zero-order chi connectivity index (χ0) is 20.1. The molecule has 146 valence electrons. The molecule has 28 heavy (non-hydrogen) atoms. The number of carbonyl (C=O) groups is 2. The normalized spacial score (nSPS) is 11.8. The molecule has 0 unspecified atom stereocenters. The van der Waals surface area contributed by atoms with Crippen LogP contribution in [-0.2, 0) is 14.3 Å². The van der Waals surface area contributed by atoms with Gasteiger partial charge in [0.2, 0.25) is 0 Å². The summed E-state index contributed by atoms with van der Waals surface area (Å²) in [5.74, 6) is 0.250. The molecule has 0 aliphatic rings. The second-order valence-electron chi connectivity index (χ2n) is 6.62. The molecule has 0 spiro atoms. The summed E-state index contributed by atoms with van der Waals surface area (Å²) in [6.07, 6.45) is 0. The van der Waals surface area contributed by atoms with Crippen molar-refractivity contribution < 1.29 is 23.5 Å². The minimum atomic E-state index is -0.604. The summed E-state index contributed by atoms with van der Waals surface area (Å²) in [6.45, 7) is 5.06. The number of rotatable bonds is 7. The number of carbonyl (C=O) groups excluding carboxylic acids is 2. The van der Waals surface area contributed by atoms with E-state index in [1.165, 1.54) is 0 Å². The quantitative estimate of drug-likeness (QED) is 0.629. The van der Waals surface area contributed by atoms with E-state index in [4.69, 9.17) is 13.9 Å². The third-order valence-electron chi connectivity index (χ3n) is 4.51. The summed E-state index contributed by atoms with van der Waals surface area (Å²) in [6, 6.07) is 14.8. The Balaban J connectivity index is 1.45. The third kappa shape index (κ3) is 4.71. The van der Waals surface area contributed by atoms with Gasteiger partial charge in [-0.1, -0.05) is 30.3 Å². The second kappa shape index (κ2) is 8.61. The highest BCUT2D eigenvalue weighted by molar-refractivity contribution is 5.82. The number of para-hydroxylation sites is 1. The first-order valence-electron chi connectivity index (χ1n) is 9.06. The molecule has 0 fully saturated rings. The van der Waals surface area contributed by atoms with Crippen LogP contribution in [0.3, 0.4) is 0 Å². The Morgan fingerprint density at radius 3 is 2.64 bits per heavy atom. The molecule has 2 aromatic carbocycles. The van der Waals surface area contributed by atoms with Crippen LogP contribution in [0.1, 0.15) is 29.9 Å². The minimum absolute atomic E-state index is 0.253. The minimum Gasteiger partial charge on any atom is -0.482 e. The molecule has 0 bridgehead atoms. The summed E-state index contributed by atoms with van der Waals surface area (Å²) in [5, 5.41) is 3.72. The van der Waals surface area contributed by atoms with Gasteiger partial charge in [-0.15, -0.1) is 0 Å². The smallest absolute Gasteiger partial charge is 0.344 e. The summed E-state index contributed by atoms with van der Waals surface area (Å²) < 4.78 is 16.2. The fraction of sp³-hybridized carbons (Fsp3) is 0.273. The van der Waals surface area contributed by atoms with E-state index in [0.29, 0.717) is 11.5 Å². The van der Waals surface area contributed by atoms with Crippen LogP contribution >= 0.6 is 0 Å². The van der Waals surface area contributed by atoms with Crippen molar-refractivity contribution in [2.45, 2.75) is 26.8 Å². The molecule has 1 aromatic heterocycles. The van der Waals surface area contributed by atoms with Gasteiger partial charge in [0.15, 0.2) is 13.2 Å². The molecule has 0 saturated carbocycles. The van der Waals surface area contributed by atoms with Crippen molar-refractivity contribution in [2.75, 3.05) is 13.2 Å². The van der Waals surface area contributed by atoms with Gasteiger partial charge in [0.05, 0.1) is 6.04 Å². The molecule has 6 nitrogen and oxygen atoms in total. The highest BCUT2D eigenvalue weighted by atomic mass is 16.6. The van der Waals surface area contributed by atoms with E-state index in [9.17, 15) is 9.59 Å². The predicted molar refractivity (Wildman–Crippen MR) is 105 cm³/mol. The fourth-order valence-corrected chi connectivity index (χ4v) is 2.78. The molecule has 3 rings (SSSR count). The highest BCUT2D eigenvalue weighted by Crippen LogP contribution is 2.23. The van der Waals surface area contributed by atoms with Crippen molar-refractivity contribution in [3.05, 3.63) is 65.4 Å². The lowest BCUT2D eigenvalue weighted by Crippen LogP contribution is -2.31. The number of aryl methyl sites for hydroxylation is 1. The van der Waals surface area contributed by atoms with Gasteiger partial charge in [-0.25, -0.2) is 4.79 Å². The largest absolute Gasteiger partial charge is 0.482 e. The molecular weight excluding hydrogens is 358 g/mol. The van der Waals surface area contributed by atoms with Crippen molar-refractivity contribution in [2.24, 2.45) is 0 Å². The molecule has 6 heteroatoms. The predicted octanol–water partition coefficient (Wildman–Crippen LogP) is 3.85. The summed E-state index contributed by atoms with van der Waals surface area (Å²) >= 11 is 0. The zero-order valence-electron chi connectivity index (χ0n) is 16.2. The summed E-state index contributed by atoms with van der Waals surface area (Å²) in [7, 11) is 0. The first-order chi connectivity index (χ1) is 13.4. The van der Waals surface area contributed by atoms with Gasteiger partial charge in [0, 0.05) is 5.39 Å². The van der Waals surface area contributed by atoms with Crippen LogP contribution < -0.4 is 10.1 Å². The molecule has 1 amide bonds. The van der Waals surface area contributed by atoms with E-state index in [1.54, 1.807) is 13.0 Å². The van der Waals surface area contributed by atoms with Gasteiger partial charge in [-0.2, -0.15) is 0 Å². The maximum atomic E-state index is 12.0. The van der Waals surface area contributed by atoms with Crippen molar-refractivity contribution in [3.63, 3.8) is 0 Å². The van der Waals surface area contributed by atoms with Crippen molar-refractivity contribution in [1.29, 1.82) is 0 Å². The number of nitrogens with one attached hydrogen (secondary N) is 1. The van der Waals surface area contributed by atoms with Crippen LogP contribution in [0.25, 0.3) is 11.0 Å².